The van der Waals surface area contributed by atoms with E-state index in [1.165, 1.54) is 17.0 Å². The van der Waals surface area contributed by atoms with E-state index in [-0.39, 0.29) is 29.7 Å². The summed E-state index contributed by atoms with van der Waals surface area (Å²) in [4.78, 5) is 27.9. The van der Waals surface area contributed by atoms with E-state index in [9.17, 15) is 19.8 Å². The maximum absolute atomic E-state index is 13.5. The summed E-state index contributed by atoms with van der Waals surface area (Å²) in [5.41, 5.74) is 1.07. The molecule has 1 aromatic heterocycles. The van der Waals surface area contributed by atoms with Crippen molar-refractivity contribution in [1.29, 1.82) is 0 Å². The standard InChI is InChI=1S/C25H24BrNO6/c1-14(2)32-11-3-10-27-22(15-4-7-18(28)8-5-15)21(24(30)25(27)31)23(29)20-13-16-12-17(26)6-9-19(16)33-20/h4-9,12-14,22,28,30H,3,10-11H2,1-2H3. The number of benzene rings is 2. The number of fused-ring (bicyclic) bond motifs is 1. The molecule has 8 heteroatoms. The molecule has 2 heterocycles. The number of ketones is 1. The van der Waals surface area contributed by atoms with Gasteiger partial charge < -0.3 is 24.3 Å². The number of Topliss-reactive ketones (excluding diaryl/α,β-unsaturated/α-hetero) is 1. The number of aromatic hydroxyl groups is 1. The largest absolute Gasteiger partial charge is 0.508 e. The van der Waals surface area contributed by atoms with Crippen LogP contribution in [0.4, 0.5) is 0 Å². The molecular formula is C25H24BrNO6. The summed E-state index contributed by atoms with van der Waals surface area (Å²) < 4.78 is 12.2. The van der Waals surface area contributed by atoms with Crippen molar-refractivity contribution in [3.05, 3.63) is 75.7 Å². The average molecular weight is 514 g/mol. The van der Waals surface area contributed by atoms with Gasteiger partial charge in [-0.3, -0.25) is 9.59 Å². The number of hydrogen-bond donors (Lipinski definition) is 2. The first-order valence-corrected chi connectivity index (χ1v) is 11.4. The van der Waals surface area contributed by atoms with Gasteiger partial charge in [0.25, 0.3) is 5.91 Å². The zero-order valence-corrected chi connectivity index (χ0v) is 19.8. The smallest absolute Gasteiger partial charge is 0.290 e. The lowest BCUT2D eigenvalue weighted by atomic mass is 9.95. The van der Waals surface area contributed by atoms with Crippen LogP contribution in [0.5, 0.6) is 5.75 Å². The molecule has 33 heavy (non-hydrogen) atoms. The summed E-state index contributed by atoms with van der Waals surface area (Å²) >= 11 is 3.40. The fraction of sp³-hybridized carbons (Fsp3) is 0.280. The molecule has 0 aliphatic carbocycles. The molecule has 1 aliphatic rings. The normalized spacial score (nSPS) is 16.4. The molecule has 0 spiro atoms. The SMILES string of the molecule is CC(C)OCCCN1C(=O)C(O)=C(C(=O)c2cc3cc(Br)ccc3o2)C1c1ccc(O)cc1. The number of nitrogens with zero attached hydrogens (tertiary/aromatic N) is 1. The van der Waals surface area contributed by atoms with Gasteiger partial charge in [-0.15, -0.1) is 0 Å². The van der Waals surface area contributed by atoms with Gasteiger partial charge in [-0.25, -0.2) is 0 Å². The second kappa shape index (κ2) is 9.41. The molecule has 0 saturated heterocycles. The van der Waals surface area contributed by atoms with Crippen LogP contribution < -0.4 is 0 Å². The third-order valence-electron chi connectivity index (χ3n) is 5.45. The first-order chi connectivity index (χ1) is 15.8. The molecule has 2 N–H and O–H groups in total. The highest BCUT2D eigenvalue weighted by Crippen LogP contribution is 2.40. The van der Waals surface area contributed by atoms with E-state index < -0.39 is 23.5 Å². The minimum Gasteiger partial charge on any atom is -0.508 e. The molecule has 0 radical (unpaired) electrons. The maximum atomic E-state index is 13.5. The number of aliphatic hydroxyl groups excluding tert-OH is 1. The number of hydrogen-bond acceptors (Lipinski definition) is 6. The summed E-state index contributed by atoms with van der Waals surface area (Å²) in [5.74, 6) is -1.69. The van der Waals surface area contributed by atoms with Gasteiger partial charge in [-0.05, 0) is 62.2 Å². The number of halogens is 1. The van der Waals surface area contributed by atoms with Crippen LogP contribution in [-0.4, -0.2) is 46.1 Å². The number of carbonyl (C=O) groups excluding carboxylic acids is 2. The van der Waals surface area contributed by atoms with Crippen LogP contribution in [0.25, 0.3) is 11.0 Å². The fourth-order valence-electron chi connectivity index (χ4n) is 3.93. The highest BCUT2D eigenvalue weighted by molar-refractivity contribution is 9.10. The molecular weight excluding hydrogens is 490 g/mol. The number of ether oxygens (including phenoxy) is 1. The summed E-state index contributed by atoms with van der Waals surface area (Å²) in [6.45, 7) is 4.57. The quantitative estimate of drug-likeness (QED) is 0.313. The first-order valence-electron chi connectivity index (χ1n) is 10.6. The van der Waals surface area contributed by atoms with E-state index in [0.717, 1.165) is 9.86 Å². The second-order valence-electron chi connectivity index (χ2n) is 8.15. The summed E-state index contributed by atoms with van der Waals surface area (Å²) in [6.07, 6.45) is 0.593. The van der Waals surface area contributed by atoms with E-state index in [4.69, 9.17) is 9.15 Å². The Hall–Kier alpha value is -3.10. The zero-order valence-electron chi connectivity index (χ0n) is 18.2. The van der Waals surface area contributed by atoms with Crippen molar-refractivity contribution in [3.63, 3.8) is 0 Å². The molecule has 2 aromatic carbocycles. The van der Waals surface area contributed by atoms with E-state index in [1.54, 1.807) is 30.3 Å². The van der Waals surface area contributed by atoms with Gasteiger partial charge in [0.1, 0.15) is 11.3 Å². The number of phenolic OH excluding ortho intramolecular Hbond substituents is 1. The average Bonchev–Trinajstić information content (AvgIpc) is 3.30. The van der Waals surface area contributed by atoms with Crippen LogP contribution in [-0.2, 0) is 9.53 Å². The Kier molecular flexibility index (Phi) is 6.58. The van der Waals surface area contributed by atoms with Crippen molar-refractivity contribution >= 4 is 38.6 Å². The third kappa shape index (κ3) is 4.67. The molecule has 7 nitrogen and oxygen atoms in total. The van der Waals surface area contributed by atoms with Crippen LogP contribution >= 0.6 is 15.9 Å². The van der Waals surface area contributed by atoms with Crippen molar-refractivity contribution in [2.45, 2.75) is 32.4 Å². The number of carbonyl (C=O) groups is 2. The second-order valence-corrected chi connectivity index (χ2v) is 9.07. The molecule has 1 amide bonds. The van der Waals surface area contributed by atoms with Crippen molar-refractivity contribution in [3.8, 4) is 5.75 Å². The number of amides is 1. The van der Waals surface area contributed by atoms with Crippen LogP contribution in [0, 0.1) is 0 Å². The van der Waals surface area contributed by atoms with E-state index >= 15 is 0 Å². The van der Waals surface area contributed by atoms with Crippen LogP contribution in [0.1, 0.15) is 42.4 Å². The van der Waals surface area contributed by atoms with Crippen molar-refractivity contribution in [1.82, 2.24) is 4.90 Å². The van der Waals surface area contributed by atoms with E-state index in [0.29, 0.717) is 24.2 Å². The Bertz CT molecular complexity index is 1230. The van der Waals surface area contributed by atoms with Crippen LogP contribution in [0.15, 0.2) is 68.8 Å². The van der Waals surface area contributed by atoms with E-state index in [2.05, 4.69) is 15.9 Å². The van der Waals surface area contributed by atoms with Gasteiger partial charge in [-0.2, -0.15) is 0 Å². The van der Waals surface area contributed by atoms with Gasteiger partial charge in [0.2, 0.25) is 5.78 Å². The Morgan fingerprint density at radius 1 is 1.15 bits per heavy atom. The monoisotopic (exact) mass is 513 g/mol. The van der Waals surface area contributed by atoms with Gasteiger partial charge in [0, 0.05) is 23.0 Å². The molecule has 1 unspecified atom stereocenters. The fourth-order valence-corrected chi connectivity index (χ4v) is 4.31. The lowest BCUT2D eigenvalue weighted by molar-refractivity contribution is -0.129. The van der Waals surface area contributed by atoms with Gasteiger partial charge in [0.05, 0.1) is 17.7 Å². The molecule has 3 aromatic rings. The molecule has 0 bridgehead atoms. The van der Waals surface area contributed by atoms with Gasteiger partial charge in [0.15, 0.2) is 11.5 Å². The number of aliphatic hydroxyl groups is 1. The molecule has 0 fully saturated rings. The number of rotatable bonds is 8. The van der Waals surface area contributed by atoms with Crippen molar-refractivity contribution in [2.75, 3.05) is 13.2 Å². The Balaban J connectivity index is 1.70. The van der Waals surface area contributed by atoms with Crippen molar-refractivity contribution < 1.29 is 29.0 Å². The van der Waals surface area contributed by atoms with Crippen LogP contribution in [0.2, 0.25) is 0 Å². The van der Waals surface area contributed by atoms with Crippen LogP contribution in [0.3, 0.4) is 0 Å². The zero-order chi connectivity index (χ0) is 23.7. The first kappa shape index (κ1) is 23.1. The number of furan rings is 1. The molecule has 1 atom stereocenters. The topological polar surface area (TPSA) is 100 Å². The van der Waals surface area contributed by atoms with E-state index in [1.807, 2.05) is 19.9 Å². The summed E-state index contributed by atoms with van der Waals surface area (Å²) in [6, 6.07) is 12.4. The molecule has 0 saturated carbocycles. The summed E-state index contributed by atoms with van der Waals surface area (Å²) in [5, 5.41) is 21.2. The van der Waals surface area contributed by atoms with Crippen molar-refractivity contribution in [2.24, 2.45) is 0 Å². The predicted octanol–water partition coefficient (Wildman–Crippen LogP) is 5.29. The van der Waals surface area contributed by atoms with Gasteiger partial charge >= 0.3 is 0 Å². The highest BCUT2D eigenvalue weighted by Gasteiger charge is 2.44. The summed E-state index contributed by atoms with van der Waals surface area (Å²) in [7, 11) is 0. The molecule has 172 valence electrons. The lowest BCUT2D eigenvalue weighted by Crippen LogP contribution is -2.32. The Morgan fingerprint density at radius 2 is 1.88 bits per heavy atom. The third-order valence-corrected chi connectivity index (χ3v) is 5.95. The Labute approximate surface area is 199 Å². The molecule has 1 aliphatic heterocycles. The highest BCUT2D eigenvalue weighted by atomic mass is 79.9. The maximum Gasteiger partial charge on any atom is 0.290 e. The minimum atomic E-state index is -0.815. The predicted molar refractivity (Wildman–Crippen MR) is 126 cm³/mol. The number of phenols is 1. The Morgan fingerprint density at radius 3 is 2.58 bits per heavy atom. The van der Waals surface area contributed by atoms with Gasteiger partial charge in [-0.1, -0.05) is 28.1 Å². The lowest BCUT2D eigenvalue weighted by Gasteiger charge is -2.26. The minimum absolute atomic E-state index is 0.0335. The molecule has 4 rings (SSSR count).